The lowest BCUT2D eigenvalue weighted by Crippen LogP contribution is -1.91. The molecule has 0 heterocycles. The minimum absolute atomic E-state index is 0.825. The van der Waals surface area contributed by atoms with Crippen molar-refractivity contribution in [3.8, 4) is 0 Å². The Morgan fingerprint density at radius 1 is 1.08 bits per heavy atom. The molecule has 0 nitrogen and oxygen atoms in total. The second-order valence-electron chi connectivity index (χ2n) is 3.56. The zero-order valence-corrected chi connectivity index (χ0v) is 8.39. The zero-order chi connectivity index (χ0) is 9.23. The summed E-state index contributed by atoms with van der Waals surface area (Å²) in [6.07, 6.45) is 11.8. The Morgan fingerprint density at radius 2 is 1.83 bits per heavy atom. The van der Waals surface area contributed by atoms with E-state index in [1.54, 1.807) is 0 Å². The Kier molecular flexibility index (Phi) is 8.20. The Bertz CT molecular complexity index is 113. The highest BCUT2D eigenvalue weighted by Crippen LogP contribution is 2.13. The van der Waals surface area contributed by atoms with E-state index in [9.17, 15) is 0 Å². The molecule has 0 saturated carbocycles. The second kappa shape index (κ2) is 8.58. The van der Waals surface area contributed by atoms with E-state index >= 15 is 0 Å². The van der Waals surface area contributed by atoms with Crippen LogP contribution in [0, 0.1) is 5.92 Å². The summed E-state index contributed by atoms with van der Waals surface area (Å²) in [6, 6.07) is 0. The van der Waals surface area contributed by atoms with Gasteiger partial charge in [0.25, 0.3) is 0 Å². The highest BCUT2D eigenvalue weighted by Gasteiger charge is 1.97. The number of hydrogen-bond donors (Lipinski definition) is 0. The van der Waals surface area contributed by atoms with E-state index in [-0.39, 0.29) is 0 Å². The predicted molar refractivity (Wildman–Crippen MR) is 57.3 cm³/mol. The topological polar surface area (TPSA) is 0 Å². The first-order chi connectivity index (χ1) is 5.81. The van der Waals surface area contributed by atoms with Gasteiger partial charge in [0.05, 0.1) is 0 Å². The van der Waals surface area contributed by atoms with E-state index in [1.165, 1.54) is 38.5 Å². The van der Waals surface area contributed by atoms with Crippen molar-refractivity contribution < 1.29 is 0 Å². The van der Waals surface area contributed by atoms with Crippen LogP contribution in [0.3, 0.4) is 0 Å². The minimum Gasteiger partial charge on any atom is -0.103 e. The van der Waals surface area contributed by atoms with Gasteiger partial charge in [0.1, 0.15) is 0 Å². The van der Waals surface area contributed by atoms with Crippen LogP contribution in [0.4, 0.5) is 0 Å². The molecule has 0 aliphatic heterocycles. The van der Waals surface area contributed by atoms with Crippen molar-refractivity contribution >= 4 is 0 Å². The highest BCUT2D eigenvalue weighted by molar-refractivity contribution is 4.70. The summed E-state index contributed by atoms with van der Waals surface area (Å²) in [6.45, 7) is 9.76. The molecule has 12 heavy (non-hydrogen) atoms. The van der Waals surface area contributed by atoms with E-state index in [0.29, 0.717) is 0 Å². The zero-order valence-electron chi connectivity index (χ0n) is 8.39. The van der Waals surface area contributed by atoms with Crippen molar-refractivity contribution in [2.24, 2.45) is 5.92 Å². The molecule has 0 radical (unpaired) electrons. The molecule has 1 unspecified atom stereocenters. The number of allylic oxidation sites excluding steroid dienone is 2. The maximum atomic E-state index is 3.75. The number of hydrogen-bond acceptors (Lipinski definition) is 0. The standard InChI is InChI=1S/C12H22/c1-4-6-7-8-9-11-12(3)10-5-2/h4-5,12H,1-2,6-11H2,3H3. The average molecular weight is 166 g/mol. The molecule has 0 fully saturated rings. The fourth-order valence-electron chi connectivity index (χ4n) is 1.36. The number of unbranched alkanes of at least 4 members (excludes halogenated alkanes) is 3. The molecule has 0 amide bonds. The summed E-state index contributed by atoms with van der Waals surface area (Å²) in [5, 5.41) is 0. The molecule has 0 heteroatoms. The van der Waals surface area contributed by atoms with E-state index in [2.05, 4.69) is 20.1 Å². The maximum Gasteiger partial charge on any atom is -0.0328 e. The van der Waals surface area contributed by atoms with Crippen LogP contribution in [0.5, 0.6) is 0 Å². The first kappa shape index (κ1) is 11.5. The molecular formula is C12H22. The highest BCUT2D eigenvalue weighted by atomic mass is 14.0. The molecule has 70 valence electrons. The van der Waals surface area contributed by atoms with Gasteiger partial charge in [-0.3, -0.25) is 0 Å². The Hall–Kier alpha value is -0.520. The predicted octanol–water partition coefficient (Wildman–Crippen LogP) is 4.34. The van der Waals surface area contributed by atoms with Crippen molar-refractivity contribution in [3.63, 3.8) is 0 Å². The van der Waals surface area contributed by atoms with Gasteiger partial charge in [-0.25, -0.2) is 0 Å². The van der Waals surface area contributed by atoms with Crippen LogP contribution in [0.1, 0.15) is 45.4 Å². The molecule has 0 bridgehead atoms. The van der Waals surface area contributed by atoms with Crippen molar-refractivity contribution in [2.75, 3.05) is 0 Å². The number of rotatable bonds is 8. The van der Waals surface area contributed by atoms with Gasteiger partial charge < -0.3 is 0 Å². The van der Waals surface area contributed by atoms with Crippen LogP contribution >= 0.6 is 0 Å². The van der Waals surface area contributed by atoms with Crippen molar-refractivity contribution in [1.29, 1.82) is 0 Å². The molecular weight excluding hydrogens is 144 g/mol. The van der Waals surface area contributed by atoms with Gasteiger partial charge >= 0.3 is 0 Å². The first-order valence-electron chi connectivity index (χ1n) is 5.03. The minimum atomic E-state index is 0.825. The van der Waals surface area contributed by atoms with Crippen LogP contribution in [0.25, 0.3) is 0 Å². The van der Waals surface area contributed by atoms with Crippen LogP contribution in [0.2, 0.25) is 0 Å². The van der Waals surface area contributed by atoms with Gasteiger partial charge in [-0.2, -0.15) is 0 Å². The quantitative estimate of drug-likeness (QED) is 0.372. The van der Waals surface area contributed by atoms with Crippen molar-refractivity contribution in [1.82, 2.24) is 0 Å². The van der Waals surface area contributed by atoms with Crippen LogP contribution in [-0.4, -0.2) is 0 Å². The van der Waals surface area contributed by atoms with Crippen molar-refractivity contribution in [3.05, 3.63) is 25.3 Å². The summed E-state index contributed by atoms with van der Waals surface area (Å²) in [4.78, 5) is 0. The van der Waals surface area contributed by atoms with Crippen molar-refractivity contribution in [2.45, 2.75) is 45.4 Å². The van der Waals surface area contributed by atoms with E-state index in [1.807, 2.05) is 12.2 Å². The fourth-order valence-corrected chi connectivity index (χ4v) is 1.36. The van der Waals surface area contributed by atoms with Gasteiger partial charge in [-0.05, 0) is 25.2 Å². The van der Waals surface area contributed by atoms with E-state index in [4.69, 9.17) is 0 Å². The third-order valence-corrected chi connectivity index (χ3v) is 2.17. The molecule has 0 aromatic rings. The average Bonchev–Trinajstić information content (AvgIpc) is 2.05. The van der Waals surface area contributed by atoms with E-state index in [0.717, 1.165) is 5.92 Å². The molecule has 0 aliphatic rings. The molecule has 0 aromatic heterocycles. The van der Waals surface area contributed by atoms with Gasteiger partial charge in [-0.15, -0.1) is 13.2 Å². The summed E-state index contributed by atoms with van der Waals surface area (Å²) >= 11 is 0. The molecule has 0 spiro atoms. The van der Waals surface area contributed by atoms with Gasteiger partial charge in [0.2, 0.25) is 0 Å². The van der Waals surface area contributed by atoms with Gasteiger partial charge in [0, 0.05) is 0 Å². The third-order valence-electron chi connectivity index (χ3n) is 2.17. The monoisotopic (exact) mass is 166 g/mol. The van der Waals surface area contributed by atoms with Crippen LogP contribution in [-0.2, 0) is 0 Å². The Labute approximate surface area is 77.4 Å². The fraction of sp³-hybridized carbons (Fsp3) is 0.667. The summed E-state index contributed by atoms with van der Waals surface area (Å²) in [5.41, 5.74) is 0. The molecule has 1 atom stereocenters. The Morgan fingerprint density at radius 3 is 2.42 bits per heavy atom. The smallest absolute Gasteiger partial charge is 0.0328 e. The van der Waals surface area contributed by atoms with Gasteiger partial charge in [0.15, 0.2) is 0 Å². The summed E-state index contributed by atoms with van der Waals surface area (Å²) in [5.74, 6) is 0.825. The molecule has 0 saturated heterocycles. The molecule has 0 aliphatic carbocycles. The van der Waals surface area contributed by atoms with E-state index < -0.39 is 0 Å². The lowest BCUT2D eigenvalue weighted by Gasteiger charge is -2.06. The summed E-state index contributed by atoms with van der Waals surface area (Å²) < 4.78 is 0. The lowest BCUT2D eigenvalue weighted by molar-refractivity contribution is 0.497. The third kappa shape index (κ3) is 7.59. The normalized spacial score (nSPS) is 12.4. The lowest BCUT2D eigenvalue weighted by atomic mass is 10.00. The van der Waals surface area contributed by atoms with Crippen LogP contribution in [0.15, 0.2) is 25.3 Å². The summed E-state index contributed by atoms with van der Waals surface area (Å²) in [7, 11) is 0. The largest absolute Gasteiger partial charge is 0.103 e. The second-order valence-corrected chi connectivity index (χ2v) is 3.56. The van der Waals surface area contributed by atoms with Crippen LogP contribution < -0.4 is 0 Å². The van der Waals surface area contributed by atoms with Gasteiger partial charge in [-0.1, -0.05) is 38.3 Å². The molecule has 0 aromatic carbocycles. The maximum absolute atomic E-state index is 3.75. The SMILES string of the molecule is C=CCCCCCC(C)CC=C. The first-order valence-corrected chi connectivity index (χ1v) is 5.03. The molecule has 0 rings (SSSR count). The Balaban J connectivity index is 3.07. The molecule has 0 N–H and O–H groups in total.